The zero-order valence-electron chi connectivity index (χ0n) is 7.66. The van der Waals surface area contributed by atoms with Crippen LogP contribution in [0, 0.1) is 0 Å². The Hall–Kier alpha value is -0.120. The molecule has 1 atom stereocenters. The van der Waals surface area contributed by atoms with Gasteiger partial charge in [-0.1, -0.05) is 0 Å². The Bertz CT molecular complexity index is 108. The lowest BCUT2D eigenvalue weighted by atomic mass is 10.1. The van der Waals surface area contributed by atoms with E-state index in [-0.39, 0.29) is 12.4 Å². The van der Waals surface area contributed by atoms with Crippen LogP contribution in [0.15, 0.2) is 0 Å². The van der Waals surface area contributed by atoms with Gasteiger partial charge in [0.25, 0.3) is 0 Å². The predicted molar refractivity (Wildman–Crippen MR) is 45.8 cm³/mol. The van der Waals surface area contributed by atoms with Crippen LogP contribution >= 0.6 is 0 Å². The molecule has 1 saturated heterocycles. The molecule has 1 heterocycles. The minimum atomic E-state index is -0.200. The van der Waals surface area contributed by atoms with Gasteiger partial charge in [-0.2, -0.15) is 0 Å². The van der Waals surface area contributed by atoms with Crippen LogP contribution in [-0.2, 0) is 9.47 Å². The summed E-state index contributed by atoms with van der Waals surface area (Å²) in [5.41, 5.74) is 0. The molecule has 0 amide bonds. The van der Waals surface area contributed by atoms with E-state index in [9.17, 15) is 0 Å². The summed E-state index contributed by atoms with van der Waals surface area (Å²) in [4.78, 5) is 0. The van der Waals surface area contributed by atoms with Crippen LogP contribution in [0.1, 0.15) is 32.6 Å². The van der Waals surface area contributed by atoms with Crippen LogP contribution < -0.4 is 0 Å². The Labute approximate surface area is 73.7 Å². The molecule has 1 aliphatic rings. The smallest absolute Gasteiger partial charge is 0.157 e. The molecule has 0 bridgehead atoms. The molecule has 0 radical (unpaired) electrons. The topological polar surface area (TPSA) is 38.7 Å². The van der Waals surface area contributed by atoms with Crippen LogP contribution in [0.5, 0.6) is 0 Å². The normalized spacial score (nSPS) is 22.5. The maximum atomic E-state index is 9.00. The van der Waals surface area contributed by atoms with Gasteiger partial charge in [-0.25, -0.2) is 0 Å². The monoisotopic (exact) mass is 174 g/mol. The van der Waals surface area contributed by atoms with Crippen molar-refractivity contribution in [2.75, 3.05) is 13.2 Å². The van der Waals surface area contributed by atoms with E-state index in [2.05, 4.69) is 0 Å². The molecule has 0 aliphatic carbocycles. The first-order valence-corrected chi connectivity index (χ1v) is 4.70. The third-order valence-corrected chi connectivity index (χ3v) is 1.96. The molecule has 0 aromatic heterocycles. The fourth-order valence-electron chi connectivity index (χ4n) is 1.28. The van der Waals surface area contributed by atoms with Crippen molar-refractivity contribution < 1.29 is 14.6 Å². The molecular weight excluding hydrogens is 156 g/mol. The van der Waals surface area contributed by atoms with E-state index in [0.29, 0.717) is 0 Å². The summed E-state index contributed by atoms with van der Waals surface area (Å²) in [6.45, 7) is 3.45. The summed E-state index contributed by atoms with van der Waals surface area (Å²) in [5.74, 6) is 0. The first kappa shape index (κ1) is 9.96. The van der Waals surface area contributed by atoms with Crippen LogP contribution in [0.25, 0.3) is 0 Å². The van der Waals surface area contributed by atoms with Crippen molar-refractivity contribution in [3.05, 3.63) is 0 Å². The standard InChI is InChI=1S/C9H18O3/c1-8(10)4-2-5-9-11-6-3-7-12-9/h8-10H,2-7H2,1H3/t8-/m0/s1. The van der Waals surface area contributed by atoms with Gasteiger partial charge in [0, 0.05) is 0 Å². The molecule has 3 heteroatoms. The van der Waals surface area contributed by atoms with Gasteiger partial charge in [0.05, 0.1) is 19.3 Å². The highest BCUT2D eigenvalue weighted by atomic mass is 16.7. The van der Waals surface area contributed by atoms with Gasteiger partial charge in [0.1, 0.15) is 0 Å². The van der Waals surface area contributed by atoms with Gasteiger partial charge in [0.15, 0.2) is 6.29 Å². The largest absolute Gasteiger partial charge is 0.393 e. The van der Waals surface area contributed by atoms with E-state index in [1.165, 1.54) is 0 Å². The lowest BCUT2D eigenvalue weighted by molar-refractivity contribution is -0.182. The van der Waals surface area contributed by atoms with Crippen molar-refractivity contribution in [1.29, 1.82) is 0 Å². The maximum absolute atomic E-state index is 9.00. The van der Waals surface area contributed by atoms with Crippen LogP contribution in [0.2, 0.25) is 0 Å². The number of hydrogen-bond donors (Lipinski definition) is 1. The summed E-state index contributed by atoms with van der Waals surface area (Å²) in [6, 6.07) is 0. The molecule has 1 rings (SSSR count). The Balaban J connectivity index is 1.98. The van der Waals surface area contributed by atoms with Gasteiger partial charge < -0.3 is 14.6 Å². The number of aliphatic hydroxyl groups is 1. The average molecular weight is 174 g/mol. The fourth-order valence-corrected chi connectivity index (χ4v) is 1.28. The molecule has 12 heavy (non-hydrogen) atoms. The third kappa shape index (κ3) is 4.04. The van der Waals surface area contributed by atoms with Crippen molar-refractivity contribution >= 4 is 0 Å². The molecule has 1 aliphatic heterocycles. The van der Waals surface area contributed by atoms with Gasteiger partial charge in [-0.3, -0.25) is 0 Å². The van der Waals surface area contributed by atoms with Crippen molar-refractivity contribution in [3.8, 4) is 0 Å². The van der Waals surface area contributed by atoms with Gasteiger partial charge >= 0.3 is 0 Å². The lowest BCUT2D eigenvalue weighted by Crippen LogP contribution is -2.24. The Kier molecular flexibility index (Phi) is 4.58. The number of aliphatic hydroxyl groups excluding tert-OH is 1. The van der Waals surface area contributed by atoms with Crippen molar-refractivity contribution in [1.82, 2.24) is 0 Å². The van der Waals surface area contributed by atoms with Crippen molar-refractivity contribution in [3.63, 3.8) is 0 Å². The molecule has 1 fully saturated rings. The first-order chi connectivity index (χ1) is 5.79. The second-order valence-corrected chi connectivity index (χ2v) is 3.30. The molecule has 0 aromatic rings. The van der Waals surface area contributed by atoms with Crippen LogP contribution in [-0.4, -0.2) is 30.7 Å². The van der Waals surface area contributed by atoms with E-state index in [0.717, 1.165) is 38.9 Å². The summed E-state index contributed by atoms with van der Waals surface area (Å²) in [6.07, 6.45) is 3.51. The molecule has 72 valence electrons. The van der Waals surface area contributed by atoms with Crippen LogP contribution in [0.3, 0.4) is 0 Å². The molecule has 3 nitrogen and oxygen atoms in total. The van der Waals surface area contributed by atoms with E-state index in [1.807, 2.05) is 6.92 Å². The summed E-state index contributed by atoms with van der Waals surface area (Å²) in [7, 11) is 0. The Morgan fingerprint density at radius 3 is 2.67 bits per heavy atom. The Morgan fingerprint density at radius 2 is 2.08 bits per heavy atom. The van der Waals surface area contributed by atoms with Gasteiger partial charge in [0.2, 0.25) is 0 Å². The average Bonchev–Trinajstić information content (AvgIpc) is 2.05. The summed E-state index contributed by atoms with van der Waals surface area (Å²) in [5, 5.41) is 9.00. The zero-order chi connectivity index (χ0) is 8.81. The van der Waals surface area contributed by atoms with E-state index < -0.39 is 0 Å². The molecule has 0 aromatic carbocycles. The van der Waals surface area contributed by atoms with Crippen molar-refractivity contribution in [2.24, 2.45) is 0 Å². The van der Waals surface area contributed by atoms with Crippen molar-refractivity contribution in [2.45, 2.75) is 45.0 Å². The minimum absolute atomic E-state index is 0.0162. The third-order valence-electron chi connectivity index (χ3n) is 1.96. The van der Waals surface area contributed by atoms with E-state index in [1.54, 1.807) is 0 Å². The highest BCUT2D eigenvalue weighted by Gasteiger charge is 2.13. The number of rotatable bonds is 4. The van der Waals surface area contributed by atoms with Gasteiger partial charge in [-0.15, -0.1) is 0 Å². The van der Waals surface area contributed by atoms with E-state index >= 15 is 0 Å². The highest BCUT2D eigenvalue weighted by molar-refractivity contribution is 4.54. The minimum Gasteiger partial charge on any atom is -0.393 e. The molecular formula is C9H18O3. The molecule has 0 spiro atoms. The summed E-state index contributed by atoms with van der Waals surface area (Å²) >= 11 is 0. The Morgan fingerprint density at radius 1 is 1.42 bits per heavy atom. The highest BCUT2D eigenvalue weighted by Crippen LogP contribution is 2.12. The van der Waals surface area contributed by atoms with Crippen LogP contribution in [0.4, 0.5) is 0 Å². The molecule has 1 N–H and O–H groups in total. The zero-order valence-corrected chi connectivity index (χ0v) is 7.66. The van der Waals surface area contributed by atoms with Gasteiger partial charge in [-0.05, 0) is 32.6 Å². The molecule has 0 saturated carbocycles. The lowest BCUT2D eigenvalue weighted by Gasteiger charge is -2.23. The number of hydrogen-bond acceptors (Lipinski definition) is 3. The maximum Gasteiger partial charge on any atom is 0.157 e. The second kappa shape index (κ2) is 5.51. The quantitative estimate of drug-likeness (QED) is 0.698. The molecule has 0 unspecified atom stereocenters. The first-order valence-electron chi connectivity index (χ1n) is 4.70. The second-order valence-electron chi connectivity index (χ2n) is 3.30. The van der Waals surface area contributed by atoms with E-state index in [4.69, 9.17) is 14.6 Å². The summed E-state index contributed by atoms with van der Waals surface area (Å²) < 4.78 is 10.7. The fraction of sp³-hybridized carbons (Fsp3) is 1.00. The predicted octanol–water partition coefficient (Wildman–Crippen LogP) is 1.30. The SMILES string of the molecule is C[C@H](O)CCCC1OCCCO1. The number of ether oxygens (including phenoxy) is 2.